The Hall–Kier alpha value is -2.25. The Bertz CT molecular complexity index is 941. The molecule has 0 amide bonds. The second kappa shape index (κ2) is 11.9. The van der Waals surface area contributed by atoms with Crippen LogP contribution in [0.3, 0.4) is 0 Å². The van der Waals surface area contributed by atoms with E-state index in [9.17, 15) is 8.78 Å². The molecule has 0 radical (unpaired) electrons. The Labute approximate surface area is 209 Å². The number of hydrogen-bond donors (Lipinski definition) is 2. The van der Waals surface area contributed by atoms with Gasteiger partial charge in [-0.25, -0.2) is 18.8 Å². The lowest BCUT2D eigenvalue weighted by molar-refractivity contribution is -0.232. The Kier molecular flexibility index (Phi) is 8.83. The van der Waals surface area contributed by atoms with Crippen molar-refractivity contribution in [1.82, 2.24) is 9.80 Å². The van der Waals surface area contributed by atoms with Crippen molar-refractivity contribution in [2.75, 3.05) is 40.1 Å². The summed E-state index contributed by atoms with van der Waals surface area (Å²) in [5.41, 5.74) is 0.259. The third-order valence-electron chi connectivity index (χ3n) is 6.97. The van der Waals surface area contributed by atoms with Gasteiger partial charge in [0.1, 0.15) is 30.0 Å². The molecule has 12 heteroatoms. The molecule has 1 aliphatic carbocycles. The normalized spacial score (nSPS) is 32.5. The van der Waals surface area contributed by atoms with Gasteiger partial charge in [0.05, 0.1) is 25.0 Å². The molecule has 4 atom stereocenters. The molecular formula is C24H35F2N5O5. The number of allylic oxidation sites excluding steroid dienone is 2. The van der Waals surface area contributed by atoms with E-state index >= 15 is 0 Å². The monoisotopic (exact) mass is 511 g/mol. The number of aliphatic hydroxyl groups is 2. The van der Waals surface area contributed by atoms with E-state index in [1.165, 1.54) is 26.9 Å². The second-order valence-corrected chi connectivity index (χ2v) is 9.39. The number of aliphatic imine (C=N–C) groups is 3. The number of hydrogen-bond acceptors (Lipinski definition) is 10. The Morgan fingerprint density at radius 1 is 1.31 bits per heavy atom. The van der Waals surface area contributed by atoms with Crippen LogP contribution in [-0.4, -0.2) is 109 Å². The van der Waals surface area contributed by atoms with Gasteiger partial charge in [-0.2, -0.15) is 0 Å². The SMILES string of the molecule is C=N/C(=C1/C(OC)=NC(C)=C(F)/C1=N/COC(O)O)N1CCCOC2CC21.FC1CC2CCCN2C1. The first-order chi connectivity index (χ1) is 17.3. The summed E-state index contributed by atoms with van der Waals surface area (Å²) in [6.07, 6.45) is 4.58. The van der Waals surface area contributed by atoms with E-state index in [-0.39, 0.29) is 35.0 Å². The summed E-state index contributed by atoms with van der Waals surface area (Å²) in [6, 6.07) is 0.741. The number of alkyl halides is 1. The third kappa shape index (κ3) is 6.00. The van der Waals surface area contributed by atoms with Gasteiger partial charge in [0.2, 0.25) is 5.90 Å². The summed E-state index contributed by atoms with van der Waals surface area (Å²) < 4.78 is 43.1. The van der Waals surface area contributed by atoms with Crippen molar-refractivity contribution in [3.63, 3.8) is 0 Å². The van der Waals surface area contributed by atoms with Gasteiger partial charge in [-0.1, -0.05) is 0 Å². The average molecular weight is 512 g/mol. The van der Waals surface area contributed by atoms with Gasteiger partial charge in [-0.3, -0.25) is 9.89 Å². The predicted molar refractivity (Wildman–Crippen MR) is 130 cm³/mol. The van der Waals surface area contributed by atoms with Crippen LogP contribution in [0.25, 0.3) is 0 Å². The zero-order valence-electron chi connectivity index (χ0n) is 20.8. The fraction of sp³-hybridized carbons (Fsp3) is 0.708. The fourth-order valence-corrected chi connectivity index (χ4v) is 5.21. The number of fused-ring (bicyclic) bond motifs is 2. The summed E-state index contributed by atoms with van der Waals surface area (Å²) >= 11 is 0. The molecule has 0 bridgehead atoms. The molecule has 0 aromatic heterocycles. The molecule has 200 valence electrons. The molecule has 4 aliphatic heterocycles. The van der Waals surface area contributed by atoms with Crippen LogP contribution in [0.5, 0.6) is 0 Å². The van der Waals surface area contributed by atoms with Crippen molar-refractivity contribution in [3.8, 4) is 0 Å². The zero-order valence-corrected chi connectivity index (χ0v) is 20.8. The van der Waals surface area contributed by atoms with Crippen molar-refractivity contribution in [2.45, 2.75) is 69.9 Å². The predicted octanol–water partition coefficient (Wildman–Crippen LogP) is 1.90. The molecule has 4 fully saturated rings. The van der Waals surface area contributed by atoms with E-state index < -0.39 is 25.2 Å². The Morgan fingerprint density at radius 2 is 2.11 bits per heavy atom. The molecule has 0 spiro atoms. The smallest absolute Gasteiger partial charge is 0.268 e. The summed E-state index contributed by atoms with van der Waals surface area (Å²) in [5.74, 6) is -0.108. The van der Waals surface area contributed by atoms with Crippen molar-refractivity contribution in [3.05, 3.63) is 22.9 Å². The van der Waals surface area contributed by atoms with Gasteiger partial charge < -0.3 is 29.3 Å². The van der Waals surface area contributed by atoms with Crippen LogP contribution in [0.1, 0.15) is 39.0 Å². The number of nitrogens with zero attached hydrogens (tertiary/aromatic N) is 5. The van der Waals surface area contributed by atoms with E-state index in [4.69, 9.17) is 19.7 Å². The number of rotatable bonds is 5. The van der Waals surface area contributed by atoms with E-state index in [0.717, 1.165) is 25.8 Å². The molecule has 1 saturated carbocycles. The Balaban J connectivity index is 0.000000280. The maximum atomic E-state index is 14.8. The molecule has 0 aromatic carbocycles. The lowest BCUT2D eigenvalue weighted by atomic mass is 10.0. The minimum atomic E-state index is -2.01. The first-order valence-electron chi connectivity index (χ1n) is 12.3. The molecule has 4 unspecified atom stereocenters. The van der Waals surface area contributed by atoms with Gasteiger partial charge in [0.25, 0.3) is 6.48 Å². The van der Waals surface area contributed by atoms with Gasteiger partial charge in [0.15, 0.2) is 5.83 Å². The number of ether oxygens (including phenoxy) is 3. The number of methoxy groups -OCH3 is 1. The maximum absolute atomic E-state index is 14.8. The van der Waals surface area contributed by atoms with Gasteiger partial charge in [-0.15, -0.1) is 0 Å². The van der Waals surface area contributed by atoms with E-state index in [1.807, 2.05) is 4.90 Å². The maximum Gasteiger partial charge on any atom is 0.268 e. The Morgan fingerprint density at radius 3 is 2.81 bits per heavy atom. The van der Waals surface area contributed by atoms with Crippen LogP contribution in [0.15, 0.2) is 37.9 Å². The van der Waals surface area contributed by atoms with Crippen molar-refractivity contribution in [2.24, 2.45) is 15.0 Å². The summed E-state index contributed by atoms with van der Waals surface area (Å²) in [7, 11) is 1.42. The minimum Gasteiger partial charge on any atom is -0.480 e. The first kappa shape index (κ1) is 26.8. The highest BCUT2D eigenvalue weighted by Crippen LogP contribution is 2.38. The number of halogens is 2. The molecule has 10 nitrogen and oxygen atoms in total. The summed E-state index contributed by atoms with van der Waals surface area (Å²) in [6.45, 7) is 5.83. The van der Waals surface area contributed by atoms with Gasteiger partial charge in [0, 0.05) is 25.7 Å². The molecule has 5 aliphatic rings. The largest absolute Gasteiger partial charge is 0.480 e. The van der Waals surface area contributed by atoms with Crippen LogP contribution in [0.4, 0.5) is 8.78 Å². The van der Waals surface area contributed by atoms with Crippen LogP contribution in [-0.2, 0) is 14.2 Å². The fourth-order valence-electron chi connectivity index (χ4n) is 5.21. The highest BCUT2D eigenvalue weighted by Gasteiger charge is 2.46. The molecule has 5 rings (SSSR count). The lowest BCUT2D eigenvalue weighted by Crippen LogP contribution is -2.33. The molecule has 36 heavy (non-hydrogen) atoms. The summed E-state index contributed by atoms with van der Waals surface area (Å²) in [4.78, 5) is 16.6. The third-order valence-corrected chi connectivity index (χ3v) is 6.97. The van der Waals surface area contributed by atoms with Crippen molar-refractivity contribution >= 4 is 18.3 Å². The standard InChI is InChI=1S/C17H23FN4O5.C7H12FN/c1-9-13(18)14(20-8-27-17(23)24)12(16(21-9)25-3)15(19-2)22-5-4-6-26-11-7-10(11)22;8-6-4-7-2-1-3-9(7)5-6/h10-11,17,23-24H,2,4-8H2,1,3H3;6-7H,1-5H2/b15-12-,20-14+;. The molecule has 3 saturated heterocycles. The topological polar surface area (TPSA) is 112 Å². The lowest BCUT2D eigenvalue weighted by Gasteiger charge is -2.27. The van der Waals surface area contributed by atoms with Gasteiger partial charge in [-0.05, 0) is 52.3 Å². The van der Waals surface area contributed by atoms with Crippen molar-refractivity contribution < 1.29 is 33.2 Å². The van der Waals surface area contributed by atoms with Crippen LogP contribution < -0.4 is 0 Å². The average Bonchev–Trinajstić information content (AvgIpc) is 3.40. The highest BCUT2D eigenvalue weighted by atomic mass is 19.1. The second-order valence-electron chi connectivity index (χ2n) is 9.39. The molecular weight excluding hydrogens is 476 g/mol. The van der Waals surface area contributed by atoms with Gasteiger partial charge >= 0.3 is 0 Å². The molecule has 0 aromatic rings. The van der Waals surface area contributed by atoms with Crippen molar-refractivity contribution in [1.29, 1.82) is 0 Å². The van der Waals surface area contributed by atoms with E-state index in [2.05, 4.69) is 31.3 Å². The summed E-state index contributed by atoms with van der Waals surface area (Å²) in [5, 5.41) is 17.7. The quantitative estimate of drug-likeness (QED) is 0.428. The first-order valence-corrected chi connectivity index (χ1v) is 12.3. The molecule has 2 N–H and O–H groups in total. The van der Waals surface area contributed by atoms with Crippen LogP contribution in [0.2, 0.25) is 0 Å². The van der Waals surface area contributed by atoms with Crippen LogP contribution in [0, 0.1) is 0 Å². The zero-order chi connectivity index (χ0) is 25.8. The molecule has 4 heterocycles. The number of aliphatic hydroxyl groups excluding tert-OH is 1. The van der Waals surface area contributed by atoms with Crippen LogP contribution >= 0.6 is 0 Å². The highest BCUT2D eigenvalue weighted by molar-refractivity contribution is 6.29. The van der Waals surface area contributed by atoms with E-state index in [0.29, 0.717) is 31.6 Å². The minimum absolute atomic E-state index is 0.0789. The van der Waals surface area contributed by atoms with E-state index in [1.54, 1.807) is 0 Å².